The van der Waals surface area contributed by atoms with Gasteiger partial charge < -0.3 is 15.8 Å². The first-order valence-corrected chi connectivity index (χ1v) is 5.99. The van der Waals surface area contributed by atoms with E-state index in [9.17, 15) is 9.59 Å². The van der Waals surface area contributed by atoms with Gasteiger partial charge in [-0.1, -0.05) is 0 Å². The van der Waals surface area contributed by atoms with Gasteiger partial charge in [-0.2, -0.15) is 5.10 Å². The second kappa shape index (κ2) is 5.87. The van der Waals surface area contributed by atoms with Gasteiger partial charge in [0.15, 0.2) is 0 Å². The number of nitrogens with one attached hydrogen (secondary N) is 2. The molecule has 0 radical (unpaired) electrons. The Morgan fingerprint density at radius 2 is 2.05 bits per heavy atom. The molecule has 1 aromatic heterocycles. The lowest BCUT2D eigenvalue weighted by Crippen LogP contribution is -2.13. The van der Waals surface area contributed by atoms with Crippen LogP contribution in [0.4, 0.5) is 11.5 Å². The van der Waals surface area contributed by atoms with Crippen molar-refractivity contribution in [3.8, 4) is 0 Å². The SMILES string of the molecule is CCOC(=O)c1ccc(NC(=O)c2cn[nH]c2N)cc1. The minimum Gasteiger partial charge on any atom is -0.462 e. The Kier molecular flexibility index (Phi) is 3.99. The normalized spacial score (nSPS) is 10.1. The number of rotatable bonds is 4. The molecule has 0 unspecified atom stereocenters. The molecule has 1 aromatic carbocycles. The maximum Gasteiger partial charge on any atom is 0.338 e. The summed E-state index contributed by atoms with van der Waals surface area (Å²) in [6.45, 7) is 2.05. The lowest BCUT2D eigenvalue weighted by atomic mass is 10.2. The molecule has 4 N–H and O–H groups in total. The zero-order valence-electron chi connectivity index (χ0n) is 10.8. The number of esters is 1. The Bertz CT molecular complexity index is 619. The van der Waals surface area contributed by atoms with Crippen molar-refractivity contribution in [1.82, 2.24) is 10.2 Å². The Labute approximate surface area is 115 Å². The molecule has 1 amide bonds. The minimum absolute atomic E-state index is 0.200. The van der Waals surface area contributed by atoms with E-state index in [1.165, 1.54) is 6.20 Å². The van der Waals surface area contributed by atoms with Crippen molar-refractivity contribution in [2.24, 2.45) is 0 Å². The van der Waals surface area contributed by atoms with Crippen LogP contribution in [0, 0.1) is 0 Å². The second-order valence-electron chi connectivity index (χ2n) is 3.95. The fraction of sp³-hybridized carbons (Fsp3) is 0.154. The van der Waals surface area contributed by atoms with Crippen molar-refractivity contribution in [1.29, 1.82) is 0 Å². The van der Waals surface area contributed by atoms with Gasteiger partial charge in [-0.3, -0.25) is 9.89 Å². The highest BCUT2D eigenvalue weighted by molar-refractivity contribution is 6.07. The fourth-order valence-corrected chi connectivity index (χ4v) is 1.58. The molecule has 7 heteroatoms. The molecule has 0 aliphatic heterocycles. The van der Waals surface area contributed by atoms with Crippen LogP contribution in [0.25, 0.3) is 0 Å². The topological polar surface area (TPSA) is 110 Å². The molecule has 0 saturated carbocycles. The quantitative estimate of drug-likeness (QED) is 0.730. The van der Waals surface area contributed by atoms with E-state index in [-0.39, 0.29) is 17.3 Å². The van der Waals surface area contributed by atoms with Crippen molar-refractivity contribution < 1.29 is 14.3 Å². The number of nitrogens with zero attached hydrogens (tertiary/aromatic N) is 1. The number of aromatic amines is 1. The molecule has 1 heterocycles. The summed E-state index contributed by atoms with van der Waals surface area (Å²) in [5, 5.41) is 8.80. The minimum atomic E-state index is -0.399. The van der Waals surface area contributed by atoms with E-state index in [4.69, 9.17) is 10.5 Å². The van der Waals surface area contributed by atoms with Gasteiger partial charge in [0.1, 0.15) is 11.4 Å². The van der Waals surface area contributed by atoms with Crippen LogP contribution in [-0.4, -0.2) is 28.7 Å². The van der Waals surface area contributed by atoms with Crippen LogP contribution < -0.4 is 11.1 Å². The number of ether oxygens (including phenoxy) is 1. The summed E-state index contributed by atoms with van der Waals surface area (Å²) in [6.07, 6.45) is 1.34. The zero-order valence-corrected chi connectivity index (χ0v) is 10.8. The first-order chi connectivity index (χ1) is 9.61. The smallest absolute Gasteiger partial charge is 0.338 e. The van der Waals surface area contributed by atoms with Crippen LogP contribution in [0.3, 0.4) is 0 Å². The number of H-pyrrole nitrogens is 1. The monoisotopic (exact) mass is 274 g/mol. The molecule has 2 aromatic rings. The highest BCUT2D eigenvalue weighted by atomic mass is 16.5. The third-order valence-electron chi connectivity index (χ3n) is 2.57. The van der Waals surface area contributed by atoms with Crippen molar-refractivity contribution in [2.45, 2.75) is 6.92 Å². The van der Waals surface area contributed by atoms with Gasteiger partial charge in [-0.25, -0.2) is 4.79 Å². The summed E-state index contributed by atoms with van der Waals surface area (Å²) in [6, 6.07) is 6.37. The van der Waals surface area contributed by atoms with Gasteiger partial charge >= 0.3 is 5.97 Å². The Balaban J connectivity index is 2.06. The third-order valence-corrected chi connectivity index (χ3v) is 2.57. The number of hydrogen-bond donors (Lipinski definition) is 3. The van der Waals surface area contributed by atoms with Gasteiger partial charge in [-0.15, -0.1) is 0 Å². The Hall–Kier alpha value is -2.83. The van der Waals surface area contributed by atoms with Gasteiger partial charge in [-0.05, 0) is 31.2 Å². The predicted molar refractivity (Wildman–Crippen MR) is 73.4 cm³/mol. The maximum atomic E-state index is 11.9. The number of carbonyl (C=O) groups is 2. The van der Waals surface area contributed by atoms with Crippen LogP contribution in [0.5, 0.6) is 0 Å². The first-order valence-electron chi connectivity index (χ1n) is 5.99. The molecule has 7 nitrogen and oxygen atoms in total. The fourth-order valence-electron chi connectivity index (χ4n) is 1.58. The lowest BCUT2D eigenvalue weighted by Gasteiger charge is -2.05. The van der Waals surface area contributed by atoms with E-state index in [2.05, 4.69) is 15.5 Å². The molecule has 0 fully saturated rings. The molecular weight excluding hydrogens is 260 g/mol. The molecule has 20 heavy (non-hydrogen) atoms. The molecule has 104 valence electrons. The number of benzene rings is 1. The van der Waals surface area contributed by atoms with E-state index < -0.39 is 5.97 Å². The van der Waals surface area contributed by atoms with E-state index in [0.29, 0.717) is 17.9 Å². The van der Waals surface area contributed by atoms with Gasteiger partial charge in [0.2, 0.25) is 0 Å². The standard InChI is InChI=1S/C13H14N4O3/c1-2-20-13(19)8-3-5-9(6-4-8)16-12(18)10-7-15-17-11(10)14/h3-7H,2H2,1H3,(H,16,18)(H3,14,15,17). The molecule has 0 bridgehead atoms. The van der Waals surface area contributed by atoms with E-state index in [1.807, 2.05) is 0 Å². The summed E-state index contributed by atoms with van der Waals surface area (Å²) in [5.74, 6) is -0.574. The average Bonchev–Trinajstić information content (AvgIpc) is 2.86. The number of hydrogen-bond acceptors (Lipinski definition) is 5. The third kappa shape index (κ3) is 2.94. The first kappa shape index (κ1) is 13.6. The molecule has 0 atom stereocenters. The summed E-state index contributed by atoms with van der Waals surface area (Å²) in [4.78, 5) is 23.3. The van der Waals surface area contributed by atoms with Gasteiger partial charge in [0.05, 0.1) is 18.4 Å². The van der Waals surface area contributed by atoms with Crippen LogP contribution in [0.1, 0.15) is 27.6 Å². The van der Waals surface area contributed by atoms with Crippen molar-refractivity contribution >= 4 is 23.4 Å². The number of carbonyl (C=O) groups excluding carboxylic acids is 2. The number of amides is 1. The van der Waals surface area contributed by atoms with Gasteiger partial charge in [0, 0.05) is 5.69 Å². The molecule has 0 spiro atoms. The summed E-state index contributed by atoms with van der Waals surface area (Å²) in [7, 11) is 0. The number of aromatic nitrogens is 2. The second-order valence-corrected chi connectivity index (χ2v) is 3.95. The lowest BCUT2D eigenvalue weighted by molar-refractivity contribution is 0.0526. The molecule has 0 saturated heterocycles. The number of anilines is 2. The number of nitrogens with two attached hydrogens (primary N) is 1. The Morgan fingerprint density at radius 3 is 2.60 bits per heavy atom. The molecular formula is C13H14N4O3. The molecule has 2 rings (SSSR count). The van der Waals surface area contributed by atoms with Crippen LogP contribution in [0.2, 0.25) is 0 Å². The summed E-state index contributed by atoms with van der Waals surface area (Å²) in [5.41, 5.74) is 6.78. The van der Waals surface area contributed by atoms with Crippen LogP contribution in [-0.2, 0) is 4.74 Å². The van der Waals surface area contributed by atoms with E-state index in [0.717, 1.165) is 0 Å². The largest absolute Gasteiger partial charge is 0.462 e. The summed E-state index contributed by atoms with van der Waals surface area (Å²) >= 11 is 0. The number of nitrogen functional groups attached to an aromatic ring is 1. The van der Waals surface area contributed by atoms with Crippen molar-refractivity contribution in [3.63, 3.8) is 0 Å². The van der Waals surface area contributed by atoms with Crippen LogP contribution in [0.15, 0.2) is 30.5 Å². The van der Waals surface area contributed by atoms with Crippen molar-refractivity contribution in [2.75, 3.05) is 17.7 Å². The maximum absolute atomic E-state index is 11.9. The molecule has 0 aliphatic carbocycles. The average molecular weight is 274 g/mol. The highest BCUT2D eigenvalue weighted by Crippen LogP contribution is 2.13. The van der Waals surface area contributed by atoms with E-state index in [1.54, 1.807) is 31.2 Å². The van der Waals surface area contributed by atoms with Gasteiger partial charge in [0.25, 0.3) is 5.91 Å². The predicted octanol–water partition coefficient (Wildman–Crippen LogP) is 1.42. The van der Waals surface area contributed by atoms with Crippen LogP contribution >= 0.6 is 0 Å². The van der Waals surface area contributed by atoms with Crippen molar-refractivity contribution in [3.05, 3.63) is 41.6 Å². The highest BCUT2D eigenvalue weighted by Gasteiger charge is 2.12. The zero-order chi connectivity index (χ0) is 14.5. The molecule has 0 aliphatic rings. The van der Waals surface area contributed by atoms with E-state index >= 15 is 0 Å². The summed E-state index contributed by atoms with van der Waals surface area (Å²) < 4.78 is 4.87. The Morgan fingerprint density at radius 1 is 1.35 bits per heavy atom.